The number of allylic oxidation sites excluding steroid dienone is 1. The summed E-state index contributed by atoms with van der Waals surface area (Å²) in [6.07, 6.45) is -0.311. The normalized spacial score (nSPS) is 17.4. The second kappa shape index (κ2) is 7.00. The van der Waals surface area contributed by atoms with Gasteiger partial charge in [0.05, 0.1) is 29.9 Å². The maximum absolute atomic E-state index is 12.4. The molecule has 1 aromatic rings. The summed E-state index contributed by atoms with van der Waals surface area (Å²) in [6, 6.07) is 1.73. The number of methoxy groups -OCH3 is 1. The van der Waals surface area contributed by atoms with Crippen LogP contribution in [0.25, 0.3) is 0 Å². The van der Waals surface area contributed by atoms with Crippen LogP contribution in [0, 0.1) is 0 Å². The Bertz CT molecular complexity index is 715. The molecule has 7 nitrogen and oxygen atoms in total. The van der Waals surface area contributed by atoms with Gasteiger partial charge in [0.1, 0.15) is 0 Å². The molecular formula is C16H19ClN2O5. The van der Waals surface area contributed by atoms with Crippen LogP contribution in [-0.2, 0) is 9.53 Å². The number of hydrogen-bond donors (Lipinski definition) is 3. The van der Waals surface area contributed by atoms with Crippen LogP contribution in [-0.4, -0.2) is 30.3 Å². The molecule has 0 fully saturated rings. The minimum absolute atomic E-state index is 0.0476. The van der Waals surface area contributed by atoms with E-state index in [2.05, 4.69) is 10.6 Å². The lowest BCUT2D eigenvalue weighted by molar-refractivity contribution is -0.143. The molecule has 0 saturated carbocycles. The number of rotatable bonds is 4. The molecule has 1 aliphatic heterocycles. The SMILES string of the molecule is COc1cc(C2NC(=O)NC(C)=C2C(=O)OC(C)C)cc(Cl)c1O. The molecule has 0 bridgehead atoms. The van der Waals surface area contributed by atoms with E-state index in [1.54, 1.807) is 20.8 Å². The number of phenolic OH excluding ortho intramolecular Hbond substituents is 1. The van der Waals surface area contributed by atoms with Crippen molar-refractivity contribution in [2.75, 3.05) is 7.11 Å². The fourth-order valence-electron chi connectivity index (χ4n) is 2.41. The van der Waals surface area contributed by atoms with Crippen molar-refractivity contribution in [3.8, 4) is 11.5 Å². The Morgan fingerprint density at radius 2 is 2.04 bits per heavy atom. The summed E-state index contributed by atoms with van der Waals surface area (Å²) in [5, 5.41) is 15.1. The zero-order valence-corrected chi connectivity index (χ0v) is 14.5. The third-order valence-electron chi connectivity index (χ3n) is 3.44. The highest BCUT2D eigenvalue weighted by Crippen LogP contribution is 2.39. The van der Waals surface area contributed by atoms with Gasteiger partial charge in [-0.25, -0.2) is 9.59 Å². The van der Waals surface area contributed by atoms with Crippen molar-refractivity contribution in [3.05, 3.63) is 34.0 Å². The molecular weight excluding hydrogens is 336 g/mol. The third kappa shape index (κ3) is 3.56. The number of halogens is 1. The highest BCUT2D eigenvalue weighted by atomic mass is 35.5. The van der Waals surface area contributed by atoms with Crippen LogP contribution in [0.3, 0.4) is 0 Å². The van der Waals surface area contributed by atoms with Crippen molar-refractivity contribution in [1.82, 2.24) is 10.6 Å². The predicted octanol–water partition coefficient (Wildman–Crippen LogP) is 2.63. The maximum Gasteiger partial charge on any atom is 0.338 e. The lowest BCUT2D eigenvalue weighted by Gasteiger charge is -2.29. The minimum atomic E-state index is -0.781. The first-order valence-electron chi connectivity index (χ1n) is 7.30. The highest BCUT2D eigenvalue weighted by molar-refractivity contribution is 6.32. The Morgan fingerprint density at radius 1 is 1.38 bits per heavy atom. The molecule has 1 aliphatic rings. The van der Waals surface area contributed by atoms with E-state index in [1.807, 2.05) is 0 Å². The number of benzene rings is 1. The van der Waals surface area contributed by atoms with Crippen molar-refractivity contribution in [3.63, 3.8) is 0 Å². The number of carbonyl (C=O) groups is 2. The molecule has 0 saturated heterocycles. The lowest BCUT2D eigenvalue weighted by Crippen LogP contribution is -2.45. The fourth-order valence-corrected chi connectivity index (χ4v) is 2.63. The predicted molar refractivity (Wildman–Crippen MR) is 88.0 cm³/mol. The molecule has 2 amide bonds. The zero-order valence-electron chi connectivity index (χ0n) is 13.8. The van der Waals surface area contributed by atoms with Crippen LogP contribution in [0.1, 0.15) is 32.4 Å². The number of esters is 1. The monoisotopic (exact) mass is 354 g/mol. The molecule has 130 valence electrons. The molecule has 0 spiro atoms. The van der Waals surface area contributed by atoms with Gasteiger partial charge in [-0.2, -0.15) is 0 Å². The summed E-state index contributed by atoms with van der Waals surface area (Å²) >= 11 is 6.01. The Hall–Kier alpha value is -2.41. The van der Waals surface area contributed by atoms with Crippen LogP contribution < -0.4 is 15.4 Å². The van der Waals surface area contributed by atoms with Gasteiger partial charge in [0.2, 0.25) is 0 Å². The quantitative estimate of drug-likeness (QED) is 0.722. The Balaban J connectivity index is 2.53. The summed E-state index contributed by atoms with van der Waals surface area (Å²) in [4.78, 5) is 24.3. The van der Waals surface area contributed by atoms with Gasteiger partial charge in [-0.05, 0) is 38.5 Å². The number of nitrogens with one attached hydrogen (secondary N) is 2. The number of urea groups is 1. The van der Waals surface area contributed by atoms with Crippen molar-refractivity contribution in [1.29, 1.82) is 0 Å². The second-order valence-electron chi connectivity index (χ2n) is 5.58. The van der Waals surface area contributed by atoms with E-state index in [4.69, 9.17) is 21.1 Å². The van der Waals surface area contributed by atoms with Crippen LogP contribution >= 0.6 is 11.6 Å². The number of hydrogen-bond acceptors (Lipinski definition) is 5. The Morgan fingerprint density at radius 3 is 2.62 bits per heavy atom. The van der Waals surface area contributed by atoms with Crippen LogP contribution in [0.2, 0.25) is 5.02 Å². The van der Waals surface area contributed by atoms with Crippen molar-refractivity contribution < 1.29 is 24.2 Å². The molecule has 8 heteroatoms. The van der Waals surface area contributed by atoms with Gasteiger partial charge in [-0.15, -0.1) is 0 Å². The third-order valence-corrected chi connectivity index (χ3v) is 3.72. The first-order chi connectivity index (χ1) is 11.2. The van der Waals surface area contributed by atoms with Crippen molar-refractivity contribution >= 4 is 23.6 Å². The summed E-state index contributed by atoms with van der Waals surface area (Å²) in [5.74, 6) is -0.627. The van der Waals surface area contributed by atoms with E-state index in [9.17, 15) is 14.7 Å². The van der Waals surface area contributed by atoms with Gasteiger partial charge in [-0.1, -0.05) is 11.6 Å². The Labute approximate surface area is 144 Å². The van der Waals surface area contributed by atoms with Crippen LogP contribution in [0.15, 0.2) is 23.4 Å². The maximum atomic E-state index is 12.4. The van der Waals surface area contributed by atoms with Crippen molar-refractivity contribution in [2.24, 2.45) is 0 Å². The molecule has 0 radical (unpaired) electrons. The van der Waals surface area contributed by atoms with E-state index >= 15 is 0 Å². The average Bonchev–Trinajstić information content (AvgIpc) is 2.48. The number of amides is 2. The zero-order chi connectivity index (χ0) is 18.0. The molecule has 1 heterocycles. The summed E-state index contributed by atoms with van der Waals surface area (Å²) in [6.45, 7) is 5.08. The molecule has 3 N–H and O–H groups in total. The molecule has 2 rings (SSSR count). The number of carbonyl (C=O) groups excluding carboxylic acids is 2. The van der Waals surface area contributed by atoms with E-state index in [0.717, 1.165) is 0 Å². The number of ether oxygens (including phenoxy) is 2. The minimum Gasteiger partial charge on any atom is -0.503 e. The van der Waals surface area contributed by atoms with E-state index in [-0.39, 0.29) is 28.2 Å². The first kappa shape index (κ1) is 17.9. The molecule has 1 aromatic carbocycles. The molecule has 0 aliphatic carbocycles. The first-order valence-corrected chi connectivity index (χ1v) is 7.68. The van der Waals surface area contributed by atoms with Crippen LogP contribution in [0.5, 0.6) is 11.5 Å². The largest absolute Gasteiger partial charge is 0.503 e. The van der Waals surface area contributed by atoms with Gasteiger partial charge in [0.25, 0.3) is 0 Å². The van der Waals surface area contributed by atoms with E-state index in [0.29, 0.717) is 11.3 Å². The number of phenols is 1. The summed E-state index contributed by atoms with van der Waals surface area (Å²) < 4.78 is 10.3. The van der Waals surface area contributed by atoms with Gasteiger partial charge in [0, 0.05) is 5.70 Å². The molecule has 24 heavy (non-hydrogen) atoms. The van der Waals surface area contributed by atoms with Crippen molar-refractivity contribution in [2.45, 2.75) is 32.9 Å². The van der Waals surface area contributed by atoms with Gasteiger partial charge in [-0.3, -0.25) is 0 Å². The Kier molecular flexibility index (Phi) is 5.23. The summed E-state index contributed by atoms with van der Waals surface area (Å²) in [7, 11) is 1.38. The van der Waals surface area contributed by atoms with Crippen LogP contribution in [0.4, 0.5) is 4.79 Å². The standard InChI is InChI=1S/C16H19ClN2O5/c1-7(2)24-15(21)12-8(3)18-16(22)19-13(12)9-5-10(17)14(20)11(6-9)23-4/h5-7,13,20H,1-4H3,(H2,18,19,22). The fraction of sp³-hybridized carbons (Fsp3) is 0.375. The molecule has 1 atom stereocenters. The van der Waals surface area contributed by atoms with Gasteiger partial charge < -0.3 is 25.2 Å². The molecule has 1 unspecified atom stereocenters. The number of aromatic hydroxyl groups is 1. The summed E-state index contributed by atoms with van der Waals surface area (Å²) in [5.41, 5.74) is 1.13. The van der Waals surface area contributed by atoms with E-state index < -0.39 is 18.0 Å². The topological polar surface area (TPSA) is 96.9 Å². The molecule has 0 aromatic heterocycles. The lowest BCUT2D eigenvalue weighted by atomic mass is 9.95. The second-order valence-corrected chi connectivity index (χ2v) is 5.99. The highest BCUT2D eigenvalue weighted by Gasteiger charge is 2.33. The average molecular weight is 355 g/mol. The van der Waals surface area contributed by atoms with E-state index in [1.165, 1.54) is 19.2 Å². The van der Waals surface area contributed by atoms with Gasteiger partial charge in [0.15, 0.2) is 11.5 Å². The smallest absolute Gasteiger partial charge is 0.338 e. The van der Waals surface area contributed by atoms with Gasteiger partial charge >= 0.3 is 12.0 Å².